The van der Waals surface area contributed by atoms with Crippen LogP contribution in [0.2, 0.25) is 0 Å². The zero-order valence-corrected chi connectivity index (χ0v) is 23.7. The number of hydrogen-bond donors (Lipinski definition) is 0. The van der Waals surface area contributed by atoms with Crippen molar-refractivity contribution in [3.63, 3.8) is 0 Å². The number of nitrogens with zero attached hydrogens (tertiary/aromatic N) is 10. The molecule has 6 rings (SSSR count). The van der Waals surface area contributed by atoms with Crippen LogP contribution in [0.1, 0.15) is 21.1 Å². The number of aromatic nitrogens is 10. The van der Waals surface area contributed by atoms with Crippen LogP contribution in [-0.4, -0.2) is 55.9 Å². The fourth-order valence-electron chi connectivity index (χ4n) is 3.33. The summed E-state index contributed by atoms with van der Waals surface area (Å²) < 4.78 is 7.13. The maximum Gasteiger partial charge on any atom is 0.568 e. The topological polar surface area (TPSA) is 97.1 Å². The molecule has 0 aliphatic heterocycles. The summed E-state index contributed by atoms with van der Waals surface area (Å²) in [5, 5.41) is 16.5. The largest absolute Gasteiger partial charge is 0.568 e. The number of aryl methyl sites for hydroxylation is 3. The molecule has 0 unspecified atom stereocenters. The van der Waals surface area contributed by atoms with E-state index in [9.17, 15) is 0 Å². The molecule has 0 aromatic carbocycles. The van der Waals surface area contributed by atoms with E-state index in [1.807, 2.05) is 62.2 Å². The molecule has 0 fully saturated rings. The van der Waals surface area contributed by atoms with Crippen molar-refractivity contribution in [3.8, 4) is 0 Å². The SMILES string of the molecule is Cc1[c-]c(Cc2ncccn2)c(C)s1.Cn1cccn1.[Pt].c1cnn(B(n2cccn2)n2cccn2)c1. The van der Waals surface area contributed by atoms with E-state index < -0.39 is 0 Å². The van der Waals surface area contributed by atoms with Crippen LogP contribution in [0, 0.1) is 19.9 Å². The molecule has 13 heteroatoms. The van der Waals surface area contributed by atoms with Crippen molar-refractivity contribution < 1.29 is 21.1 Å². The molecule has 0 aliphatic rings. The van der Waals surface area contributed by atoms with E-state index in [0.29, 0.717) is 0 Å². The first-order chi connectivity index (χ1) is 17.6. The van der Waals surface area contributed by atoms with Gasteiger partial charge in [-0.05, 0) is 37.3 Å². The van der Waals surface area contributed by atoms with Crippen LogP contribution >= 0.6 is 11.3 Å². The first-order valence-electron chi connectivity index (χ1n) is 11.2. The molecule has 0 atom stereocenters. The molecule has 0 bridgehead atoms. The van der Waals surface area contributed by atoms with Crippen molar-refractivity contribution in [2.75, 3.05) is 0 Å². The van der Waals surface area contributed by atoms with Gasteiger partial charge in [0, 0.05) is 96.5 Å². The molecule has 0 N–H and O–H groups in total. The minimum Gasteiger partial charge on any atom is -0.276 e. The smallest absolute Gasteiger partial charge is 0.276 e. The third-order valence-corrected chi connectivity index (χ3v) is 5.89. The van der Waals surface area contributed by atoms with Crippen molar-refractivity contribution in [2.24, 2.45) is 7.05 Å². The predicted molar refractivity (Wildman–Crippen MR) is 139 cm³/mol. The van der Waals surface area contributed by atoms with Gasteiger partial charge in [0.1, 0.15) is 5.82 Å². The van der Waals surface area contributed by atoms with Gasteiger partial charge in [-0.25, -0.2) is 16.0 Å². The molecule has 0 amide bonds. The average molecular weight is 692 g/mol. The van der Waals surface area contributed by atoms with Gasteiger partial charge >= 0.3 is 7.12 Å². The molecule has 0 saturated carbocycles. The van der Waals surface area contributed by atoms with E-state index in [-0.39, 0.29) is 28.2 Å². The molecular weight excluding hydrogens is 666 g/mol. The molecule has 192 valence electrons. The predicted octanol–water partition coefficient (Wildman–Crippen LogP) is 3.17. The van der Waals surface area contributed by atoms with E-state index in [4.69, 9.17) is 0 Å². The maximum atomic E-state index is 4.22. The molecule has 37 heavy (non-hydrogen) atoms. The molecule has 0 radical (unpaired) electrons. The monoisotopic (exact) mass is 692 g/mol. The summed E-state index contributed by atoms with van der Waals surface area (Å²) in [6.07, 6.45) is 18.8. The van der Waals surface area contributed by atoms with Crippen LogP contribution in [0.3, 0.4) is 0 Å². The summed E-state index contributed by atoms with van der Waals surface area (Å²) in [6.45, 7) is 4.19. The normalized spacial score (nSPS) is 9.92. The van der Waals surface area contributed by atoms with Gasteiger partial charge < -0.3 is 0 Å². The van der Waals surface area contributed by atoms with Gasteiger partial charge in [-0.1, -0.05) is 6.92 Å². The van der Waals surface area contributed by atoms with E-state index >= 15 is 0 Å². The molecule has 0 spiro atoms. The Hall–Kier alpha value is -3.63. The van der Waals surface area contributed by atoms with Crippen LogP contribution in [-0.2, 0) is 34.5 Å². The second-order valence-electron chi connectivity index (χ2n) is 7.64. The van der Waals surface area contributed by atoms with E-state index in [2.05, 4.69) is 50.3 Å². The third kappa shape index (κ3) is 8.19. The Kier molecular flexibility index (Phi) is 10.7. The first kappa shape index (κ1) is 28.0. The quantitative estimate of drug-likeness (QED) is 0.204. The fraction of sp³-hybridized carbons (Fsp3) is 0.167. The van der Waals surface area contributed by atoms with E-state index in [1.54, 1.807) is 67.0 Å². The Labute approximate surface area is 234 Å². The van der Waals surface area contributed by atoms with Crippen LogP contribution in [0.15, 0.2) is 92.3 Å². The van der Waals surface area contributed by atoms with Crippen LogP contribution in [0.25, 0.3) is 0 Å². The molecule has 0 saturated heterocycles. The zero-order chi connectivity index (χ0) is 25.2. The van der Waals surface area contributed by atoms with Crippen molar-refractivity contribution in [1.29, 1.82) is 0 Å². The molecule has 0 aliphatic carbocycles. The Morgan fingerprint density at radius 3 is 1.59 bits per heavy atom. The van der Waals surface area contributed by atoms with Gasteiger partial charge in [0.15, 0.2) is 0 Å². The molecule has 6 aromatic heterocycles. The maximum absolute atomic E-state index is 4.22. The molecule has 10 nitrogen and oxygen atoms in total. The van der Waals surface area contributed by atoms with Crippen molar-refractivity contribution in [1.82, 2.24) is 48.8 Å². The van der Waals surface area contributed by atoms with Gasteiger partial charge in [0.25, 0.3) is 0 Å². The second-order valence-corrected chi connectivity index (χ2v) is 9.07. The van der Waals surface area contributed by atoms with E-state index in [0.717, 1.165) is 12.2 Å². The van der Waals surface area contributed by atoms with Crippen molar-refractivity contribution in [2.45, 2.75) is 20.3 Å². The molecule has 6 heterocycles. The van der Waals surface area contributed by atoms with Crippen LogP contribution in [0.4, 0.5) is 0 Å². The number of thiophene rings is 1. The standard InChI is InChI=1S/C11H11N2S.C9H9BN6.C4H6N2.Pt/c1-8-6-10(9(2)14-8)7-11-12-4-3-5-13-11;1-4-11-14(7-1)10(15-8-2-5-12-15)16-9-3-6-13-16;1-6-4-2-3-5-6;/h3-5H,7H2,1-2H3;1-9H;2-4H,1H3;/q-1;;;. The van der Waals surface area contributed by atoms with Crippen molar-refractivity contribution in [3.05, 3.63) is 120 Å². The second kappa shape index (κ2) is 14.2. The van der Waals surface area contributed by atoms with Crippen LogP contribution < -0.4 is 0 Å². The Balaban J connectivity index is 0.000000166. The minimum atomic E-state index is -0.194. The first-order valence-corrected chi connectivity index (χ1v) is 12.1. The Morgan fingerprint density at radius 1 is 0.730 bits per heavy atom. The van der Waals surface area contributed by atoms with Crippen LogP contribution in [0.5, 0.6) is 0 Å². The van der Waals surface area contributed by atoms with Crippen molar-refractivity contribution >= 4 is 18.5 Å². The summed E-state index contributed by atoms with van der Waals surface area (Å²) in [6, 6.07) is 12.7. The Bertz CT molecular complexity index is 1300. The summed E-state index contributed by atoms with van der Waals surface area (Å²) >= 11 is 1.78. The summed E-state index contributed by atoms with van der Waals surface area (Å²) in [5.74, 6) is 0.865. The summed E-state index contributed by atoms with van der Waals surface area (Å²) in [7, 11) is 1.69. The Morgan fingerprint density at radius 2 is 1.24 bits per heavy atom. The summed E-state index contributed by atoms with van der Waals surface area (Å²) in [5.41, 5.74) is 1.22. The van der Waals surface area contributed by atoms with Gasteiger partial charge in [-0.2, -0.15) is 26.0 Å². The summed E-state index contributed by atoms with van der Waals surface area (Å²) in [4.78, 5) is 10.9. The molecular formula is C24H26BN10PtS-. The number of rotatable bonds is 5. The zero-order valence-electron chi connectivity index (χ0n) is 20.6. The number of hydrogen-bond acceptors (Lipinski definition) is 7. The van der Waals surface area contributed by atoms with Gasteiger partial charge in [-0.3, -0.25) is 29.8 Å². The van der Waals surface area contributed by atoms with E-state index in [1.165, 1.54) is 15.3 Å². The van der Waals surface area contributed by atoms with Gasteiger partial charge in [-0.15, -0.1) is 9.75 Å². The third-order valence-electron chi connectivity index (χ3n) is 4.93. The minimum absolute atomic E-state index is 0. The van der Waals surface area contributed by atoms with Gasteiger partial charge in [0.05, 0.1) is 0 Å². The average Bonchev–Trinajstić information content (AvgIpc) is 3.71. The molecule has 6 aromatic rings. The fourth-order valence-corrected chi connectivity index (χ4v) is 4.21. The van der Waals surface area contributed by atoms with Gasteiger partial charge in [0.2, 0.25) is 0 Å².